The second-order valence-electron chi connectivity index (χ2n) is 7.22. The normalized spacial score (nSPS) is 30.7. The lowest BCUT2D eigenvalue weighted by Gasteiger charge is -2.37. The Hall–Kier alpha value is -1.23. The van der Waals surface area contributed by atoms with Crippen LogP contribution in [0.15, 0.2) is 30.4 Å². The summed E-state index contributed by atoms with van der Waals surface area (Å²) in [5, 5.41) is 0. The lowest BCUT2D eigenvalue weighted by Crippen LogP contribution is -2.37. The fraction of sp³-hybridized carbons (Fsp3) is 0.619. The van der Waals surface area contributed by atoms with Crippen molar-refractivity contribution in [3.8, 4) is 0 Å². The predicted octanol–water partition coefficient (Wildman–Crippen LogP) is 4.81. The lowest BCUT2D eigenvalue weighted by molar-refractivity contribution is -0.222. The molecule has 1 aliphatic carbocycles. The van der Waals surface area contributed by atoms with E-state index in [1.807, 2.05) is 13.0 Å². The van der Waals surface area contributed by atoms with Crippen LogP contribution in [-0.2, 0) is 20.8 Å². The number of hydrogen-bond donors (Lipinski definition) is 0. The third-order valence-corrected chi connectivity index (χ3v) is 5.42. The molecule has 1 aromatic carbocycles. The molecular formula is C21H29FO3. The molecule has 4 heteroatoms. The summed E-state index contributed by atoms with van der Waals surface area (Å²) in [4.78, 5) is 0. The van der Waals surface area contributed by atoms with Crippen LogP contribution in [0.1, 0.15) is 49.7 Å². The molecule has 1 aliphatic heterocycles. The number of halogens is 1. The minimum Gasteiger partial charge on any atom is -0.380 e. The van der Waals surface area contributed by atoms with Crippen molar-refractivity contribution in [2.24, 2.45) is 11.8 Å². The Labute approximate surface area is 150 Å². The standard InChI is InChI=1S/C21H29FO3/c1-3-4-15-12-24-21(25-13-15)17-7-5-16(6-8-17)18-9-10-19(14-23-2)20(22)11-18/h3-4,9-11,15-17,21H,5-8,12-14H2,1-2H3/b4-3+. The smallest absolute Gasteiger partial charge is 0.160 e. The maximum atomic E-state index is 14.1. The highest BCUT2D eigenvalue weighted by molar-refractivity contribution is 5.27. The zero-order valence-electron chi connectivity index (χ0n) is 15.2. The number of methoxy groups -OCH3 is 1. The fourth-order valence-corrected chi connectivity index (χ4v) is 4.00. The molecule has 1 saturated carbocycles. The summed E-state index contributed by atoms with van der Waals surface area (Å²) in [5.74, 6) is 1.11. The molecular weight excluding hydrogens is 319 g/mol. The van der Waals surface area contributed by atoms with Crippen molar-refractivity contribution in [2.45, 2.75) is 51.4 Å². The van der Waals surface area contributed by atoms with E-state index in [0.717, 1.165) is 44.5 Å². The first-order chi connectivity index (χ1) is 12.2. The largest absolute Gasteiger partial charge is 0.380 e. The van der Waals surface area contributed by atoms with E-state index >= 15 is 0 Å². The van der Waals surface area contributed by atoms with E-state index in [1.54, 1.807) is 13.2 Å². The number of benzene rings is 1. The quantitative estimate of drug-likeness (QED) is 0.715. The van der Waals surface area contributed by atoms with Gasteiger partial charge in [0.05, 0.1) is 19.8 Å². The molecule has 0 N–H and O–H groups in total. The fourth-order valence-electron chi connectivity index (χ4n) is 4.00. The van der Waals surface area contributed by atoms with Gasteiger partial charge in [0.2, 0.25) is 0 Å². The van der Waals surface area contributed by atoms with Gasteiger partial charge in [-0.1, -0.05) is 24.3 Å². The van der Waals surface area contributed by atoms with E-state index in [9.17, 15) is 4.39 Å². The molecule has 0 bridgehead atoms. The molecule has 0 radical (unpaired) electrons. The summed E-state index contributed by atoms with van der Waals surface area (Å²) < 4.78 is 31.0. The van der Waals surface area contributed by atoms with Gasteiger partial charge in [0.15, 0.2) is 6.29 Å². The third kappa shape index (κ3) is 4.69. The van der Waals surface area contributed by atoms with Crippen molar-refractivity contribution in [1.82, 2.24) is 0 Å². The van der Waals surface area contributed by atoms with E-state index in [4.69, 9.17) is 14.2 Å². The molecule has 138 valence electrons. The highest BCUT2D eigenvalue weighted by Crippen LogP contribution is 2.39. The first kappa shape index (κ1) is 18.6. The van der Waals surface area contributed by atoms with E-state index in [-0.39, 0.29) is 12.1 Å². The molecule has 0 atom stereocenters. The predicted molar refractivity (Wildman–Crippen MR) is 95.8 cm³/mol. The molecule has 0 amide bonds. The second kappa shape index (κ2) is 8.93. The average Bonchev–Trinajstić information content (AvgIpc) is 2.65. The molecule has 1 saturated heterocycles. The first-order valence-corrected chi connectivity index (χ1v) is 9.34. The maximum absolute atomic E-state index is 14.1. The number of ether oxygens (including phenoxy) is 3. The van der Waals surface area contributed by atoms with Gasteiger partial charge in [-0.05, 0) is 50.2 Å². The van der Waals surface area contributed by atoms with Gasteiger partial charge in [-0.2, -0.15) is 0 Å². The Morgan fingerprint density at radius 1 is 1.16 bits per heavy atom. The average molecular weight is 348 g/mol. The Balaban J connectivity index is 1.51. The number of allylic oxidation sites excluding steroid dienone is 1. The van der Waals surface area contributed by atoms with Crippen LogP contribution in [-0.4, -0.2) is 26.6 Å². The summed E-state index contributed by atoms with van der Waals surface area (Å²) in [5.41, 5.74) is 1.73. The van der Waals surface area contributed by atoms with Crippen LogP contribution < -0.4 is 0 Å². The molecule has 0 aromatic heterocycles. The monoisotopic (exact) mass is 348 g/mol. The summed E-state index contributed by atoms with van der Waals surface area (Å²) in [6.07, 6.45) is 8.42. The van der Waals surface area contributed by atoms with Gasteiger partial charge >= 0.3 is 0 Å². The molecule has 25 heavy (non-hydrogen) atoms. The number of hydrogen-bond acceptors (Lipinski definition) is 3. The zero-order valence-corrected chi connectivity index (χ0v) is 15.2. The molecule has 3 nitrogen and oxygen atoms in total. The van der Waals surface area contributed by atoms with Gasteiger partial charge in [-0.15, -0.1) is 0 Å². The van der Waals surface area contributed by atoms with Gasteiger partial charge in [-0.25, -0.2) is 4.39 Å². The molecule has 2 aliphatic rings. The topological polar surface area (TPSA) is 27.7 Å². The second-order valence-corrected chi connectivity index (χ2v) is 7.22. The summed E-state index contributed by atoms with van der Waals surface area (Å²) in [6, 6.07) is 5.60. The van der Waals surface area contributed by atoms with Crippen LogP contribution in [0.3, 0.4) is 0 Å². The minimum absolute atomic E-state index is 0.0664. The SMILES string of the molecule is C/C=C/C1COC(C2CCC(c3ccc(COC)c(F)c3)CC2)OC1. The van der Waals surface area contributed by atoms with Crippen molar-refractivity contribution >= 4 is 0 Å². The van der Waals surface area contributed by atoms with Crippen molar-refractivity contribution in [3.63, 3.8) is 0 Å². The van der Waals surface area contributed by atoms with Gasteiger partial charge < -0.3 is 14.2 Å². The Morgan fingerprint density at radius 3 is 2.48 bits per heavy atom. The van der Waals surface area contributed by atoms with Gasteiger partial charge in [0.1, 0.15) is 5.82 Å². The van der Waals surface area contributed by atoms with Crippen LogP contribution in [0.2, 0.25) is 0 Å². The third-order valence-electron chi connectivity index (χ3n) is 5.42. The molecule has 0 spiro atoms. The Kier molecular flexibility index (Phi) is 6.63. The molecule has 0 unspecified atom stereocenters. The van der Waals surface area contributed by atoms with Crippen LogP contribution in [0.5, 0.6) is 0 Å². The summed E-state index contributed by atoms with van der Waals surface area (Å²) in [7, 11) is 1.59. The van der Waals surface area contributed by atoms with Crippen molar-refractivity contribution < 1.29 is 18.6 Å². The maximum Gasteiger partial charge on any atom is 0.160 e. The van der Waals surface area contributed by atoms with E-state index in [1.165, 1.54) is 0 Å². The molecule has 1 heterocycles. The van der Waals surface area contributed by atoms with Gasteiger partial charge in [-0.3, -0.25) is 0 Å². The zero-order chi connectivity index (χ0) is 17.6. The van der Waals surface area contributed by atoms with Crippen LogP contribution in [0, 0.1) is 17.7 Å². The molecule has 3 rings (SSSR count). The van der Waals surface area contributed by atoms with Crippen molar-refractivity contribution in [2.75, 3.05) is 20.3 Å². The van der Waals surface area contributed by atoms with Crippen LogP contribution in [0.25, 0.3) is 0 Å². The lowest BCUT2D eigenvalue weighted by atomic mass is 9.78. The van der Waals surface area contributed by atoms with Crippen LogP contribution >= 0.6 is 0 Å². The van der Waals surface area contributed by atoms with Gasteiger partial charge in [0, 0.05) is 24.5 Å². The molecule has 2 fully saturated rings. The van der Waals surface area contributed by atoms with Gasteiger partial charge in [0.25, 0.3) is 0 Å². The van der Waals surface area contributed by atoms with E-state index in [2.05, 4.69) is 18.2 Å². The summed E-state index contributed by atoms with van der Waals surface area (Å²) in [6.45, 7) is 3.85. The van der Waals surface area contributed by atoms with Crippen LogP contribution in [0.4, 0.5) is 4.39 Å². The Morgan fingerprint density at radius 2 is 1.88 bits per heavy atom. The van der Waals surface area contributed by atoms with Crippen molar-refractivity contribution in [3.05, 3.63) is 47.3 Å². The van der Waals surface area contributed by atoms with Crippen molar-refractivity contribution in [1.29, 1.82) is 0 Å². The van der Waals surface area contributed by atoms with E-state index in [0.29, 0.717) is 29.9 Å². The molecule has 1 aromatic rings. The number of rotatable bonds is 5. The highest BCUT2D eigenvalue weighted by atomic mass is 19.1. The Bertz CT molecular complexity index is 571. The minimum atomic E-state index is -0.157. The summed E-state index contributed by atoms with van der Waals surface area (Å²) >= 11 is 0. The first-order valence-electron chi connectivity index (χ1n) is 9.34. The highest BCUT2D eigenvalue weighted by Gasteiger charge is 2.32. The van der Waals surface area contributed by atoms with E-state index < -0.39 is 0 Å².